The van der Waals surface area contributed by atoms with Gasteiger partial charge in [0, 0.05) is 24.3 Å². The number of aromatic hydroxyl groups is 1. The zero-order chi connectivity index (χ0) is 13.0. The smallest absolute Gasteiger partial charge is 0.120 e. The number of phenolic OH excluding ortho intramolecular Hbond substituents is 1. The summed E-state index contributed by atoms with van der Waals surface area (Å²) in [5.74, 6) is 0.295. The molecule has 0 aromatic heterocycles. The largest absolute Gasteiger partial charge is 0.508 e. The van der Waals surface area contributed by atoms with Gasteiger partial charge in [0.1, 0.15) is 5.75 Å². The Kier molecular flexibility index (Phi) is 3.85. The Hall–Kier alpha value is -2.00. The third-order valence-electron chi connectivity index (χ3n) is 2.84. The Bertz CT molecular complexity index is 511. The fourth-order valence-electron chi connectivity index (χ4n) is 1.97. The van der Waals surface area contributed by atoms with E-state index in [0.717, 1.165) is 12.1 Å². The summed E-state index contributed by atoms with van der Waals surface area (Å²) in [6.45, 7) is 1.51. The van der Waals surface area contributed by atoms with Crippen molar-refractivity contribution in [3.63, 3.8) is 0 Å². The van der Waals surface area contributed by atoms with Crippen molar-refractivity contribution in [1.82, 2.24) is 4.90 Å². The first-order valence-electron chi connectivity index (χ1n) is 5.95. The predicted molar refractivity (Wildman–Crippen MR) is 74.1 cm³/mol. The summed E-state index contributed by atoms with van der Waals surface area (Å²) in [6.07, 6.45) is 0. The number of rotatable bonds is 4. The minimum Gasteiger partial charge on any atom is -0.508 e. The van der Waals surface area contributed by atoms with Gasteiger partial charge in [0.25, 0.3) is 0 Å². The van der Waals surface area contributed by atoms with Gasteiger partial charge in [-0.25, -0.2) is 0 Å². The van der Waals surface area contributed by atoms with E-state index in [1.165, 1.54) is 5.56 Å². The molecule has 0 saturated heterocycles. The van der Waals surface area contributed by atoms with E-state index < -0.39 is 0 Å². The second-order valence-corrected chi connectivity index (χ2v) is 4.55. The molecule has 0 aliphatic rings. The van der Waals surface area contributed by atoms with Crippen LogP contribution in [0.25, 0.3) is 0 Å². The molecular formula is C15H18N2O. The molecule has 0 radical (unpaired) electrons. The van der Waals surface area contributed by atoms with Crippen LogP contribution in [-0.4, -0.2) is 17.1 Å². The van der Waals surface area contributed by atoms with Gasteiger partial charge in [-0.1, -0.05) is 30.3 Å². The van der Waals surface area contributed by atoms with Gasteiger partial charge in [0.15, 0.2) is 0 Å². The fourth-order valence-corrected chi connectivity index (χ4v) is 1.97. The normalized spacial score (nSPS) is 10.8. The zero-order valence-corrected chi connectivity index (χ0v) is 10.5. The summed E-state index contributed by atoms with van der Waals surface area (Å²) in [5, 5.41) is 9.77. The Labute approximate surface area is 107 Å². The van der Waals surface area contributed by atoms with Gasteiger partial charge in [0.05, 0.1) is 0 Å². The van der Waals surface area contributed by atoms with Gasteiger partial charge in [-0.05, 0) is 30.8 Å². The van der Waals surface area contributed by atoms with Gasteiger partial charge in [-0.2, -0.15) is 0 Å². The van der Waals surface area contributed by atoms with Crippen LogP contribution in [0.2, 0.25) is 0 Å². The first-order chi connectivity index (χ1) is 8.65. The number of benzene rings is 2. The summed E-state index contributed by atoms with van der Waals surface area (Å²) in [7, 11) is 2.02. The minimum atomic E-state index is 0.295. The van der Waals surface area contributed by atoms with Gasteiger partial charge in [-0.3, -0.25) is 4.90 Å². The maximum absolute atomic E-state index is 9.77. The lowest BCUT2D eigenvalue weighted by Crippen LogP contribution is -2.17. The summed E-state index contributed by atoms with van der Waals surface area (Å²) in [5.41, 5.74) is 8.51. The molecule has 0 heterocycles. The highest BCUT2D eigenvalue weighted by Crippen LogP contribution is 2.21. The number of hydrogen-bond donors (Lipinski definition) is 2. The van der Waals surface area contributed by atoms with E-state index in [4.69, 9.17) is 5.73 Å². The van der Waals surface area contributed by atoms with Crippen LogP contribution in [0.1, 0.15) is 11.1 Å². The first-order valence-corrected chi connectivity index (χ1v) is 5.95. The van der Waals surface area contributed by atoms with Crippen molar-refractivity contribution in [2.24, 2.45) is 0 Å². The minimum absolute atomic E-state index is 0.295. The lowest BCUT2D eigenvalue weighted by atomic mass is 10.1. The molecule has 0 bridgehead atoms. The molecule has 0 amide bonds. The van der Waals surface area contributed by atoms with Crippen molar-refractivity contribution in [3.05, 3.63) is 59.7 Å². The SMILES string of the molecule is CN(Cc1ccccc1)Cc1cc(N)ccc1O. The van der Waals surface area contributed by atoms with E-state index in [1.807, 2.05) is 31.3 Å². The van der Waals surface area contributed by atoms with E-state index in [-0.39, 0.29) is 0 Å². The summed E-state index contributed by atoms with van der Waals surface area (Å²) >= 11 is 0. The summed E-state index contributed by atoms with van der Waals surface area (Å²) in [6, 6.07) is 15.4. The molecule has 2 aromatic rings. The van der Waals surface area contributed by atoms with E-state index in [1.54, 1.807) is 12.1 Å². The highest BCUT2D eigenvalue weighted by Gasteiger charge is 2.06. The molecule has 0 aliphatic heterocycles. The lowest BCUT2D eigenvalue weighted by molar-refractivity contribution is 0.312. The average molecular weight is 242 g/mol. The molecular weight excluding hydrogens is 224 g/mol. The average Bonchev–Trinajstić information content (AvgIpc) is 2.35. The summed E-state index contributed by atoms with van der Waals surface area (Å²) < 4.78 is 0. The van der Waals surface area contributed by atoms with Crippen molar-refractivity contribution in [3.8, 4) is 5.75 Å². The Morgan fingerprint density at radius 1 is 1.06 bits per heavy atom. The molecule has 0 saturated carbocycles. The Morgan fingerprint density at radius 3 is 2.50 bits per heavy atom. The molecule has 0 spiro atoms. The van der Waals surface area contributed by atoms with Crippen molar-refractivity contribution in [1.29, 1.82) is 0 Å². The van der Waals surface area contributed by atoms with Crippen LogP contribution in [-0.2, 0) is 13.1 Å². The van der Waals surface area contributed by atoms with Crippen LogP contribution in [0.3, 0.4) is 0 Å². The number of nitrogens with two attached hydrogens (primary N) is 1. The Balaban J connectivity index is 2.03. The molecule has 3 nitrogen and oxygen atoms in total. The van der Waals surface area contributed by atoms with E-state index >= 15 is 0 Å². The van der Waals surface area contributed by atoms with E-state index in [9.17, 15) is 5.11 Å². The van der Waals surface area contributed by atoms with Gasteiger partial charge < -0.3 is 10.8 Å². The second-order valence-electron chi connectivity index (χ2n) is 4.55. The highest BCUT2D eigenvalue weighted by molar-refractivity contribution is 5.47. The number of nitrogen functional groups attached to an aromatic ring is 1. The third kappa shape index (κ3) is 3.25. The van der Waals surface area contributed by atoms with Crippen LogP contribution in [0.5, 0.6) is 5.75 Å². The standard InChI is InChI=1S/C15H18N2O/c1-17(10-12-5-3-2-4-6-12)11-13-9-14(16)7-8-15(13)18/h2-9,18H,10-11,16H2,1H3. The van der Waals surface area contributed by atoms with Crippen molar-refractivity contribution in [2.75, 3.05) is 12.8 Å². The van der Waals surface area contributed by atoms with Crippen molar-refractivity contribution < 1.29 is 5.11 Å². The van der Waals surface area contributed by atoms with Crippen molar-refractivity contribution >= 4 is 5.69 Å². The van der Waals surface area contributed by atoms with Crippen LogP contribution >= 0.6 is 0 Å². The second kappa shape index (κ2) is 5.56. The Morgan fingerprint density at radius 2 is 1.78 bits per heavy atom. The van der Waals surface area contributed by atoms with Crippen LogP contribution < -0.4 is 5.73 Å². The number of anilines is 1. The highest BCUT2D eigenvalue weighted by atomic mass is 16.3. The van der Waals surface area contributed by atoms with Crippen LogP contribution in [0.15, 0.2) is 48.5 Å². The molecule has 0 atom stereocenters. The van der Waals surface area contributed by atoms with Gasteiger partial charge >= 0.3 is 0 Å². The van der Waals surface area contributed by atoms with Crippen LogP contribution in [0.4, 0.5) is 5.69 Å². The molecule has 2 rings (SSSR count). The monoisotopic (exact) mass is 242 g/mol. The third-order valence-corrected chi connectivity index (χ3v) is 2.84. The maximum atomic E-state index is 9.77. The number of nitrogens with zero attached hydrogens (tertiary/aromatic N) is 1. The molecule has 18 heavy (non-hydrogen) atoms. The number of phenols is 1. The lowest BCUT2D eigenvalue weighted by Gasteiger charge is -2.17. The summed E-state index contributed by atoms with van der Waals surface area (Å²) in [4.78, 5) is 2.14. The zero-order valence-electron chi connectivity index (χ0n) is 10.5. The molecule has 0 fully saturated rings. The topological polar surface area (TPSA) is 49.5 Å². The quantitative estimate of drug-likeness (QED) is 0.640. The predicted octanol–water partition coefficient (Wildman–Crippen LogP) is 2.61. The molecule has 3 heteroatoms. The molecule has 94 valence electrons. The van der Waals surface area contributed by atoms with Crippen molar-refractivity contribution in [2.45, 2.75) is 13.1 Å². The van der Waals surface area contributed by atoms with E-state index in [0.29, 0.717) is 18.0 Å². The van der Waals surface area contributed by atoms with Gasteiger partial charge in [-0.15, -0.1) is 0 Å². The van der Waals surface area contributed by atoms with Gasteiger partial charge in [0.2, 0.25) is 0 Å². The first kappa shape index (κ1) is 12.5. The molecule has 0 aliphatic carbocycles. The molecule has 0 unspecified atom stereocenters. The fraction of sp³-hybridized carbons (Fsp3) is 0.200. The maximum Gasteiger partial charge on any atom is 0.120 e. The van der Waals surface area contributed by atoms with E-state index in [2.05, 4.69) is 17.0 Å². The van der Waals surface area contributed by atoms with Crippen LogP contribution in [0, 0.1) is 0 Å². The molecule has 3 N–H and O–H groups in total. The molecule has 2 aromatic carbocycles. The number of hydrogen-bond acceptors (Lipinski definition) is 3.